The minimum absolute atomic E-state index is 0.230. The van der Waals surface area contributed by atoms with Crippen LogP contribution in [0.2, 0.25) is 0 Å². The molecule has 0 saturated heterocycles. The predicted octanol–water partition coefficient (Wildman–Crippen LogP) is 4.68. The van der Waals surface area contributed by atoms with Crippen molar-refractivity contribution in [3.8, 4) is 22.9 Å². The van der Waals surface area contributed by atoms with Gasteiger partial charge in [0.25, 0.3) is 11.5 Å². The van der Waals surface area contributed by atoms with Gasteiger partial charge in [-0.15, -0.1) is 0 Å². The number of benzene rings is 3. The Morgan fingerprint density at radius 2 is 1.39 bits per heavy atom. The average molecular weight is 444 g/mol. The van der Waals surface area contributed by atoms with Crippen LogP contribution in [0.25, 0.3) is 5.69 Å². The summed E-state index contributed by atoms with van der Waals surface area (Å²) < 4.78 is 14.8. The summed E-state index contributed by atoms with van der Waals surface area (Å²) in [5.41, 5.74) is 1.29. The molecular formula is C26H25N3O4. The van der Waals surface area contributed by atoms with Crippen LogP contribution in [-0.4, -0.2) is 21.4 Å². The number of nitrogens with one attached hydrogen (secondary N) is 1. The van der Waals surface area contributed by atoms with Crippen LogP contribution in [0.15, 0.2) is 89.7 Å². The van der Waals surface area contributed by atoms with Crippen molar-refractivity contribution in [3.63, 3.8) is 0 Å². The van der Waals surface area contributed by atoms with Crippen molar-refractivity contribution < 1.29 is 14.3 Å². The van der Waals surface area contributed by atoms with Crippen LogP contribution in [0.3, 0.4) is 0 Å². The van der Waals surface area contributed by atoms with Crippen LogP contribution < -0.4 is 20.3 Å². The molecule has 1 amide bonds. The van der Waals surface area contributed by atoms with Gasteiger partial charge in [0.1, 0.15) is 22.9 Å². The summed E-state index contributed by atoms with van der Waals surface area (Å²) in [6.07, 6.45) is -0.810. The number of ether oxygens (including phenoxy) is 2. The zero-order valence-corrected chi connectivity index (χ0v) is 18.7. The van der Waals surface area contributed by atoms with Gasteiger partial charge in [-0.2, -0.15) is 0 Å². The Balaban J connectivity index is 1.44. The van der Waals surface area contributed by atoms with E-state index in [2.05, 4.69) is 5.32 Å². The lowest BCUT2D eigenvalue weighted by Crippen LogP contribution is -2.32. The molecule has 1 heterocycles. The van der Waals surface area contributed by atoms with Crippen molar-refractivity contribution in [1.29, 1.82) is 0 Å². The molecule has 0 bridgehead atoms. The first-order valence-electron chi connectivity index (χ1n) is 10.6. The second-order valence-corrected chi connectivity index (χ2v) is 7.57. The molecule has 33 heavy (non-hydrogen) atoms. The number of carbonyl (C=O) groups excluding carboxylic acids is 1. The summed E-state index contributed by atoms with van der Waals surface area (Å²) in [6, 6.07) is 25.7. The number of aromatic nitrogens is 2. The van der Waals surface area contributed by atoms with Crippen LogP contribution in [-0.2, 0) is 11.8 Å². The van der Waals surface area contributed by atoms with Crippen molar-refractivity contribution in [2.45, 2.75) is 20.0 Å². The molecule has 1 N–H and O–H groups in total. The minimum Gasteiger partial charge on any atom is -0.481 e. The predicted molar refractivity (Wildman–Crippen MR) is 127 cm³/mol. The zero-order chi connectivity index (χ0) is 23.4. The summed E-state index contributed by atoms with van der Waals surface area (Å²) >= 11 is 0. The fourth-order valence-electron chi connectivity index (χ4n) is 3.41. The molecule has 4 aromatic rings. The van der Waals surface area contributed by atoms with Crippen LogP contribution >= 0.6 is 0 Å². The molecule has 4 rings (SSSR count). The molecule has 7 nitrogen and oxygen atoms in total. The van der Waals surface area contributed by atoms with Crippen LogP contribution in [0, 0.1) is 6.92 Å². The van der Waals surface area contributed by atoms with Crippen LogP contribution in [0.1, 0.15) is 12.6 Å². The average Bonchev–Trinajstić information content (AvgIpc) is 3.04. The molecule has 0 radical (unpaired) electrons. The number of para-hydroxylation sites is 2. The quantitative estimate of drug-likeness (QED) is 0.450. The number of rotatable bonds is 7. The normalized spacial score (nSPS) is 11.6. The monoisotopic (exact) mass is 443 g/mol. The van der Waals surface area contributed by atoms with Crippen LogP contribution in [0.5, 0.6) is 17.2 Å². The van der Waals surface area contributed by atoms with Crippen molar-refractivity contribution in [2.75, 3.05) is 5.32 Å². The number of amides is 1. The van der Waals surface area contributed by atoms with E-state index in [0.717, 1.165) is 11.4 Å². The Morgan fingerprint density at radius 1 is 0.848 bits per heavy atom. The standard InChI is InChI=1S/C26H25N3O4/c1-18-24(26(31)29(28(18)3)20-10-6-4-7-11-20)27-25(30)19(2)32-22-14-16-23(17-15-22)33-21-12-8-5-9-13-21/h4-17,19H,1-3H3,(H,27,30)/t19-/m1/s1. The van der Waals surface area contributed by atoms with Gasteiger partial charge in [-0.3, -0.25) is 14.3 Å². The third-order valence-electron chi connectivity index (χ3n) is 5.29. The van der Waals surface area contributed by atoms with E-state index in [0.29, 0.717) is 17.2 Å². The van der Waals surface area contributed by atoms with E-state index in [4.69, 9.17) is 9.47 Å². The molecule has 7 heteroatoms. The molecule has 1 atom stereocenters. The molecule has 1 aromatic heterocycles. The Morgan fingerprint density at radius 3 is 2.03 bits per heavy atom. The van der Waals surface area contributed by atoms with E-state index >= 15 is 0 Å². The lowest BCUT2D eigenvalue weighted by Gasteiger charge is -2.14. The van der Waals surface area contributed by atoms with Gasteiger partial charge in [0.15, 0.2) is 6.10 Å². The highest BCUT2D eigenvalue weighted by atomic mass is 16.5. The fraction of sp³-hybridized carbons (Fsp3) is 0.154. The number of nitrogens with zero attached hydrogens (tertiary/aromatic N) is 2. The molecule has 3 aromatic carbocycles. The summed E-state index contributed by atoms with van der Waals surface area (Å²) in [6.45, 7) is 3.42. The maximum Gasteiger partial charge on any atom is 0.295 e. The van der Waals surface area contributed by atoms with Gasteiger partial charge in [0.05, 0.1) is 11.4 Å². The number of anilines is 1. The second kappa shape index (κ2) is 9.48. The van der Waals surface area contributed by atoms with Gasteiger partial charge in [-0.05, 0) is 62.4 Å². The highest BCUT2D eigenvalue weighted by Crippen LogP contribution is 2.24. The Hall–Kier alpha value is -4.26. The number of hydrogen-bond acceptors (Lipinski definition) is 4. The second-order valence-electron chi connectivity index (χ2n) is 7.57. The summed E-state index contributed by atoms with van der Waals surface area (Å²) in [5.74, 6) is 1.50. The zero-order valence-electron chi connectivity index (χ0n) is 18.7. The van der Waals surface area contributed by atoms with E-state index in [1.54, 1.807) is 49.8 Å². The molecule has 0 fully saturated rings. The van der Waals surface area contributed by atoms with Crippen molar-refractivity contribution in [2.24, 2.45) is 7.05 Å². The first-order chi connectivity index (χ1) is 15.9. The van der Waals surface area contributed by atoms with Gasteiger partial charge in [0.2, 0.25) is 0 Å². The molecule has 0 unspecified atom stereocenters. The maximum absolute atomic E-state index is 13.0. The van der Waals surface area contributed by atoms with E-state index in [-0.39, 0.29) is 11.2 Å². The lowest BCUT2D eigenvalue weighted by molar-refractivity contribution is -0.122. The number of hydrogen-bond donors (Lipinski definition) is 1. The smallest absolute Gasteiger partial charge is 0.295 e. The third kappa shape index (κ3) is 4.82. The molecule has 0 aliphatic carbocycles. The molecule has 0 saturated carbocycles. The SMILES string of the molecule is Cc1c(NC(=O)[C@@H](C)Oc2ccc(Oc3ccccc3)cc2)c(=O)n(-c2ccccc2)n1C. The fourth-order valence-corrected chi connectivity index (χ4v) is 3.41. The number of carbonyl (C=O) groups is 1. The summed E-state index contributed by atoms with van der Waals surface area (Å²) in [7, 11) is 1.78. The largest absolute Gasteiger partial charge is 0.481 e. The van der Waals surface area contributed by atoms with Crippen molar-refractivity contribution in [1.82, 2.24) is 9.36 Å². The van der Waals surface area contributed by atoms with Gasteiger partial charge in [-0.25, -0.2) is 4.68 Å². The first kappa shape index (κ1) is 22.0. The molecule has 0 aliphatic rings. The van der Waals surface area contributed by atoms with Gasteiger partial charge in [0, 0.05) is 7.05 Å². The van der Waals surface area contributed by atoms with Crippen molar-refractivity contribution in [3.05, 3.63) is 101 Å². The highest BCUT2D eigenvalue weighted by molar-refractivity contribution is 5.94. The minimum atomic E-state index is -0.810. The van der Waals surface area contributed by atoms with E-state index in [1.807, 2.05) is 60.7 Å². The van der Waals surface area contributed by atoms with E-state index in [9.17, 15) is 9.59 Å². The molecule has 0 spiro atoms. The molecule has 168 valence electrons. The third-order valence-corrected chi connectivity index (χ3v) is 5.29. The van der Waals surface area contributed by atoms with Crippen molar-refractivity contribution >= 4 is 11.6 Å². The summed E-state index contributed by atoms with van der Waals surface area (Å²) in [4.78, 5) is 25.8. The first-order valence-corrected chi connectivity index (χ1v) is 10.6. The Bertz CT molecular complexity index is 1290. The van der Waals surface area contributed by atoms with E-state index in [1.165, 1.54) is 4.68 Å². The highest BCUT2D eigenvalue weighted by Gasteiger charge is 2.22. The maximum atomic E-state index is 13.0. The Labute approximate surface area is 191 Å². The van der Waals surface area contributed by atoms with Crippen LogP contribution in [0.4, 0.5) is 5.69 Å². The molecule has 0 aliphatic heterocycles. The van der Waals surface area contributed by atoms with Gasteiger partial charge in [-0.1, -0.05) is 36.4 Å². The van der Waals surface area contributed by atoms with E-state index < -0.39 is 12.0 Å². The topological polar surface area (TPSA) is 74.5 Å². The summed E-state index contributed by atoms with van der Waals surface area (Å²) in [5, 5.41) is 2.73. The van der Waals surface area contributed by atoms with Gasteiger partial charge >= 0.3 is 0 Å². The lowest BCUT2D eigenvalue weighted by atomic mass is 10.3. The Kier molecular flexibility index (Phi) is 6.31. The molecular weight excluding hydrogens is 418 g/mol. The van der Waals surface area contributed by atoms with Gasteiger partial charge < -0.3 is 14.8 Å².